The first kappa shape index (κ1) is 30.7. The standard InChI is InChI=1S/C27H17N3O.C6H4N.2Pt/c1-29-15-16-30(20-29)24-10-6-12-26(19-24)31-25-11-5-9-23(17-25)27-18-22(13-14-28-27)21-7-3-2-4-8-21;1-2-7-5-3-4-6-7;;/h2-7,10-16,20H,1H3;3-6H;;/q-6;-1;;+4. The van der Waals surface area contributed by atoms with Crippen molar-refractivity contribution < 1.29 is 46.9 Å². The van der Waals surface area contributed by atoms with Gasteiger partial charge in [0.05, 0.1) is 0 Å². The van der Waals surface area contributed by atoms with Gasteiger partial charge in [-0.25, -0.2) is 23.2 Å². The van der Waals surface area contributed by atoms with E-state index >= 15 is 0 Å². The van der Waals surface area contributed by atoms with Crippen molar-refractivity contribution in [3.8, 4) is 39.9 Å². The number of hydrogen-bond acceptors (Lipinski definition) is 4. The Hall–Kier alpha value is -3.83. The van der Waals surface area contributed by atoms with Gasteiger partial charge in [-0.05, 0) is 37.8 Å². The number of rotatable bonds is 5. The number of ether oxygens (including phenoxy) is 1. The molecular weight excluding hydrogens is 859 g/mol. The first-order valence-electron chi connectivity index (χ1n) is 11.8. The Morgan fingerprint density at radius 3 is 2.38 bits per heavy atom. The fraction of sp³-hybridized carbons (Fsp3) is 0.0303. The number of pyridine rings is 1. The minimum absolute atomic E-state index is 0. The summed E-state index contributed by atoms with van der Waals surface area (Å²) in [6.45, 7) is 1.97. The van der Waals surface area contributed by atoms with Gasteiger partial charge in [-0.2, -0.15) is 54.8 Å². The van der Waals surface area contributed by atoms with Gasteiger partial charge in [0.1, 0.15) is 0 Å². The largest absolute Gasteiger partial charge is 4.00 e. The summed E-state index contributed by atoms with van der Waals surface area (Å²) in [5.74, 6) is 1.17. The van der Waals surface area contributed by atoms with Gasteiger partial charge >= 0.3 is 21.1 Å². The van der Waals surface area contributed by atoms with Crippen LogP contribution in [0.4, 0.5) is 5.69 Å². The quantitative estimate of drug-likeness (QED) is 0.151. The molecule has 0 unspecified atom stereocenters. The molecule has 0 bridgehead atoms. The molecule has 3 heterocycles. The molecule has 7 heteroatoms. The molecule has 0 N–H and O–H groups in total. The van der Waals surface area contributed by atoms with Crippen LogP contribution in [0.5, 0.6) is 11.5 Å². The maximum Gasteiger partial charge on any atom is 4.00 e. The fourth-order valence-electron chi connectivity index (χ4n) is 3.59. The third kappa shape index (κ3) is 8.09. The van der Waals surface area contributed by atoms with Crippen LogP contribution in [-0.2, 0) is 42.1 Å². The van der Waals surface area contributed by atoms with Crippen LogP contribution >= 0.6 is 0 Å². The van der Waals surface area contributed by atoms with E-state index in [1.54, 1.807) is 29.2 Å². The topological polar surface area (TPSA) is 33.5 Å². The van der Waals surface area contributed by atoms with Crippen LogP contribution < -0.4 is 9.64 Å². The average Bonchev–Trinajstić information content (AvgIpc) is 3.66. The minimum atomic E-state index is 0. The molecule has 202 valence electrons. The maximum atomic E-state index is 6.57. The summed E-state index contributed by atoms with van der Waals surface area (Å²) in [5.41, 5.74) is 4.10. The van der Waals surface area contributed by atoms with Crippen molar-refractivity contribution in [2.45, 2.75) is 0 Å². The van der Waals surface area contributed by atoms with E-state index in [0.717, 1.165) is 16.8 Å². The minimum Gasteiger partial charge on any atom is -0.669 e. The molecule has 0 radical (unpaired) electrons. The van der Waals surface area contributed by atoms with E-state index in [0.29, 0.717) is 22.8 Å². The van der Waals surface area contributed by atoms with Crippen molar-refractivity contribution in [2.75, 3.05) is 11.9 Å². The summed E-state index contributed by atoms with van der Waals surface area (Å²) in [6, 6.07) is 41.2. The molecule has 0 saturated carbocycles. The number of anilines is 1. The third-order valence-corrected chi connectivity index (χ3v) is 5.40. The molecule has 0 amide bonds. The smallest absolute Gasteiger partial charge is 0.669 e. The summed E-state index contributed by atoms with van der Waals surface area (Å²) >= 11 is 0. The number of nitrogens with zero attached hydrogens (tertiary/aromatic N) is 4. The monoisotopic (exact) mass is 879 g/mol. The van der Waals surface area contributed by atoms with Crippen LogP contribution in [0.3, 0.4) is 0 Å². The summed E-state index contributed by atoms with van der Waals surface area (Å²) in [4.78, 5) is 8.39. The van der Waals surface area contributed by atoms with Crippen LogP contribution in [0.2, 0.25) is 0 Å². The van der Waals surface area contributed by atoms with Gasteiger partial charge in [0.15, 0.2) is 0 Å². The van der Waals surface area contributed by atoms with Gasteiger partial charge < -0.3 is 42.1 Å². The van der Waals surface area contributed by atoms with Crippen molar-refractivity contribution in [1.29, 1.82) is 0 Å². The van der Waals surface area contributed by atoms with Gasteiger partial charge in [-0.3, -0.25) is 12.1 Å². The molecule has 40 heavy (non-hydrogen) atoms. The van der Waals surface area contributed by atoms with Gasteiger partial charge in [-0.15, -0.1) is 30.0 Å². The SMILES string of the molecule is CN1C=CN(c2[c-]c(Oc3[c-]c(-c4[c-]c(-c5[c-]cccc5)ccn4)[c-]cc3)ccc2)[CH-]1.[C-]#Cn1cccc1.[Pt+4].[Pt]. The molecule has 0 saturated heterocycles. The van der Waals surface area contributed by atoms with E-state index < -0.39 is 0 Å². The Bertz CT molecular complexity index is 1560. The molecule has 0 atom stereocenters. The molecule has 0 spiro atoms. The van der Waals surface area contributed by atoms with Crippen LogP contribution in [-0.4, -0.2) is 21.5 Å². The van der Waals surface area contributed by atoms with Crippen LogP contribution in [0.25, 0.3) is 22.4 Å². The molecule has 0 aliphatic carbocycles. The second-order valence-corrected chi connectivity index (χ2v) is 8.14. The molecular formula is C33H21N4OPt2-3. The van der Waals surface area contributed by atoms with Crippen LogP contribution in [0, 0.1) is 49.5 Å². The molecule has 2 aromatic heterocycles. The summed E-state index contributed by atoms with van der Waals surface area (Å²) < 4.78 is 7.57. The number of benzene rings is 3. The Morgan fingerprint density at radius 1 is 0.850 bits per heavy atom. The zero-order valence-electron chi connectivity index (χ0n) is 21.2. The third-order valence-electron chi connectivity index (χ3n) is 5.40. The Kier molecular flexibility index (Phi) is 11.6. The van der Waals surface area contributed by atoms with Gasteiger partial charge in [0.25, 0.3) is 0 Å². The van der Waals surface area contributed by atoms with E-state index in [1.807, 2.05) is 103 Å². The zero-order chi connectivity index (χ0) is 26.2. The summed E-state index contributed by atoms with van der Waals surface area (Å²) in [6.07, 6.45) is 15.8. The van der Waals surface area contributed by atoms with E-state index in [9.17, 15) is 0 Å². The zero-order valence-corrected chi connectivity index (χ0v) is 25.8. The molecule has 6 rings (SSSR count). The van der Waals surface area contributed by atoms with E-state index in [-0.39, 0.29) is 42.1 Å². The number of hydrogen-bond donors (Lipinski definition) is 0. The number of aromatic nitrogens is 2. The molecule has 0 fully saturated rings. The van der Waals surface area contributed by atoms with Crippen molar-refractivity contribution in [3.05, 3.63) is 147 Å². The molecule has 1 aliphatic heterocycles. The predicted octanol–water partition coefficient (Wildman–Crippen LogP) is 6.43. The van der Waals surface area contributed by atoms with Gasteiger partial charge in [0.2, 0.25) is 0 Å². The Labute approximate surface area is 264 Å². The molecule has 1 aliphatic rings. The van der Waals surface area contributed by atoms with E-state index in [2.05, 4.69) is 41.4 Å². The first-order valence-corrected chi connectivity index (χ1v) is 11.8. The van der Waals surface area contributed by atoms with Crippen LogP contribution in [0.15, 0.2) is 104 Å². The van der Waals surface area contributed by atoms with Crippen molar-refractivity contribution >= 4 is 5.69 Å². The van der Waals surface area contributed by atoms with Crippen molar-refractivity contribution in [1.82, 2.24) is 14.5 Å². The van der Waals surface area contributed by atoms with E-state index in [4.69, 9.17) is 11.2 Å². The normalized spacial score (nSPS) is 11.4. The Balaban J connectivity index is 0.000000431. The predicted molar refractivity (Wildman–Crippen MR) is 146 cm³/mol. The second kappa shape index (κ2) is 15.1. The maximum absolute atomic E-state index is 6.57. The van der Waals surface area contributed by atoms with Crippen molar-refractivity contribution in [3.63, 3.8) is 0 Å². The second-order valence-electron chi connectivity index (χ2n) is 8.14. The van der Waals surface area contributed by atoms with Crippen LogP contribution in [0.1, 0.15) is 0 Å². The van der Waals surface area contributed by atoms with E-state index in [1.165, 1.54) is 0 Å². The fourth-order valence-corrected chi connectivity index (χ4v) is 3.59. The molecule has 5 nitrogen and oxygen atoms in total. The average molecular weight is 880 g/mol. The first-order chi connectivity index (χ1) is 18.7. The molecule has 3 aromatic carbocycles. The summed E-state index contributed by atoms with van der Waals surface area (Å²) in [7, 11) is 1.98. The van der Waals surface area contributed by atoms with Gasteiger partial charge in [0, 0.05) is 39.2 Å². The van der Waals surface area contributed by atoms with Gasteiger partial charge in [-0.1, -0.05) is 5.75 Å². The Morgan fingerprint density at radius 2 is 1.68 bits per heavy atom. The molecule has 5 aromatic rings. The van der Waals surface area contributed by atoms with Crippen molar-refractivity contribution in [2.24, 2.45) is 0 Å². The summed E-state index contributed by atoms with van der Waals surface area (Å²) in [5, 5.41) is 0.